The minimum absolute atomic E-state index is 0.0854. The Kier molecular flexibility index (Phi) is 4.93. The summed E-state index contributed by atoms with van der Waals surface area (Å²) in [6, 6.07) is 4.11. The van der Waals surface area contributed by atoms with Crippen LogP contribution in [0.5, 0.6) is 11.5 Å². The van der Waals surface area contributed by atoms with Gasteiger partial charge in [-0.1, -0.05) is 13.0 Å². The summed E-state index contributed by atoms with van der Waals surface area (Å²) < 4.78 is 5.26. The number of aliphatic carboxylic acids is 2. The highest BCUT2D eigenvalue weighted by Crippen LogP contribution is 2.28. The molecule has 3 N–H and O–H groups in total. The zero-order chi connectivity index (χ0) is 14.4. The molecule has 0 aliphatic rings. The van der Waals surface area contributed by atoms with E-state index in [1.165, 1.54) is 18.2 Å². The van der Waals surface area contributed by atoms with Gasteiger partial charge in [-0.25, -0.2) is 9.59 Å². The fourth-order valence-corrected chi connectivity index (χ4v) is 1.33. The molecule has 0 aliphatic heterocycles. The molecule has 0 atom stereocenters. The van der Waals surface area contributed by atoms with Crippen molar-refractivity contribution in [2.45, 2.75) is 13.3 Å². The van der Waals surface area contributed by atoms with Crippen LogP contribution in [0.3, 0.4) is 0 Å². The Balaban J connectivity index is 3.10. The Bertz CT molecular complexity index is 502. The summed E-state index contributed by atoms with van der Waals surface area (Å²) in [5, 5.41) is 27.0. The molecule has 0 aromatic heterocycles. The average Bonchev–Trinajstić information content (AvgIpc) is 2.35. The first-order valence-electron chi connectivity index (χ1n) is 5.59. The minimum Gasteiger partial charge on any atom is -0.504 e. The predicted octanol–water partition coefficient (Wildman–Crippen LogP) is 1.73. The number of benzene rings is 1. The Labute approximate surface area is 109 Å². The van der Waals surface area contributed by atoms with Gasteiger partial charge < -0.3 is 20.1 Å². The van der Waals surface area contributed by atoms with Crippen LogP contribution in [0.15, 0.2) is 23.8 Å². The summed E-state index contributed by atoms with van der Waals surface area (Å²) in [6.45, 7) is 2.29. The van der Waals surface area contributed by atoms with Gasteiger partial charge in [0.2, 0.25) is 0 Å². The van der Waals surface area contributed by atoms with E-state index in [2.05, 4.69) is 0 Å². The van der Waals surface area contributed by atoms with Gasteiger partial charge in [-0.05, 0) is 30.2 Å². The van der Waals surface area contributed by atoms with Gasteiger partial charge in [-0.15, -0.1) is 0 Å². The van der Waals surface area contributed by atoms with Crippen molar-refractivity contribution in [1.82, 2.24) is 0 Å². The normalized spacial score (nSPS) is 9.74. The largest absolute Gasteiger partial charge is 0.504 e. The minimum atomic E-state index is -1.53. The fourth-order valence-electron chi connectivity index (χ4n) is 1.33. The van der Waals surface area contributed by atoms with Gasteiger partial charge >= 0.3 is 11.9 Å². The molecular formula is C13H14O6. The van der Waals surface area contributed by atoms with Gasteiger partial charge in [-0.3, -0.25) is 0 Å². The molecule has 0 unspecified atom stereocenters. The van der Waals surface area contributed by atoms with Crippen LogP contribution in [-0.4, -0.2) is 33.9 Å². The lowest BCUT2D eigenvalue weighted by Crippen LogP contribution is -2.10. The maximum Gasteiger partial charge on any atom is 0.343 e. The lowest BCUT2D eigenvalue weighted by molar-refractivity contribution is -0.140. The zero-order valence-electron chi connectivity index (χ0n) is 10.3. The first-order chi connectivity index (χ1) is 8.95. The van der Waals surface area contributed by atoms with Crippen molar-refractivity contribution in [3.63, 3.8) is 0 Å². The Morgan fingerprint density at radius 2 is 1.89 bits per heavy atom. The highest BCUT2D eigenvalue weighted by Gasteiger charge is 2.16. The van der Waals surface area contributed by atoms with E-state index in [-0.39, 0.29) is 11.5 Å². The molecular weight excluding hydrogens is 252 g/mol. The van der Waals surface area contributed by atoms with E-state index in [1.54, 1.807) is 0 Å². The quantitative estimate of drug-likeness (QED) is 0.411. The van der Waals surface area contributed by atoms with E-state index < -0.39 is 17.5 Å². The Morgan fingerprint density at radius 1 is 1.26 bits per heavy atom. The van der Waals surface area contributed by atoms with E-state index in [0.29, 0.717) is 12.2 Å². The number of aromatic hydroxyl groups is 1. The van der Waals surface area contributed by atoms with Crippen LogP contribution in [0.4, 0.5) is 0 Å². The molecule has 0 amide bonds. The monoisotopic (exact) mass is 266 g/mol. The lowest BCUT2D eigenvalue weighted by atomic mass is 10.1. The van der Waals surface area contributed by atoms with Crippen molar-refractivity contribution in [3.8, 4) is 11.5 Å². The summed E-state index contributed by atoms with van der Waals surface area (Å²) >= 11 is 0. The number of ether oxygens (including phenoxy) is 1. The van der Waals surface area contributed by atoms with Gasteiger partial charge in [0, 0.05) is 0 Å². The molecule has 0 saturated carbocycles. The average molecular weight is 266 g/mol. The molecule has 1 aromatic carbocycles. The number of phenols is 1. The highest BCUT2D eigenvalue weighted by atomic mass is 16.5. The van der Waals surface area contributed by atoms with Crippen molar-refractivity contribution < 1.29 is 29.6 Å². The van der Waals surface area contributed by atoms with Gasteiger partial charge in [-0.2, -0.15) is 0 Å². The summed E-state index contributed by atoms with van der Waals surface area (Å²) in [5.41, 5.74) is -0.434. The third-order valence-electron chi connectivity index (χ3n) is 2.22. The Morgan fingerprint density at radius 3 is 2.42 bits per heavy atom. The second-order valence-corrected chi connectivity index (χ2v) is 3.74. The number of carbonyl (C=O) groups is 2. The smallest absolute Gasteiger partial charge is 0.343 e. The van der Waals surface area contributed by atoms with Crippen LogP contribution in [-0.2, 0) is 9.59 Å². The van der Waals surface area contributed by atoms with Gasteiger partial charge in [0.1, 0.15) is 5.57 Å². The second-order valence-electron chi connectivity index (χ2n) is 3.74. The number of hydrogen-bond donors (Lipinski definition) is 3. The van der Waals surface area contributed by atoms with Crippen LogP contribution in [0, 0.1) is 0 Å². The second kappa shape index (κ2) is 6.44. The molecule has 0 fully saturated rings. The van der Waals surface area contributed by atoms with Crippen LogP contribution in [0.2, 0.25) is 0 Å². The number of phenolic OH excluding ortho intramolecular Hbond substituents is 1. The first-order valence-corrected chi connectivity index (χ1v) is 5.59. The van der Waals surface area contributed by atoms with Crippen LogP contribution in [0.1, 0.15) is 18.9 Å². The summed E-state index contributed by atoms with van der Waals surface area (Å²) in [6.07, 6.45) is 1.75. The molecule has 6 nitrogen and oxygen atoms in total. The molecule has 1 aromatic rings. The maximum atomic E-state index is 10.7. The molecule has 0 heterocycles. The third kappa shape index (κ3) is 4.02. The zero-order valence-corrected chi connectivity index (χ0v) is 10.3. The van der Waals surface area contributed by atoms with E-state index >= 15 is 0 Å². The van der Waals surface area contributed by atoms with Crippen molar-refractivity contribution in [2.24, 2.45) is 0 Å². The van der Waals surface area contributed by atoms with Gasteiger partial charge in [0.25, 0.3) is 0 Å². The summed E-state index contributed by atoms with van der Waals surface area (Å²) in [7, 11) is 0. The summed E-state index contributed by atoms with van der Waals surface area (Å²) in [5.74, 6) is -2.96. The fraction of sp³-hybridized carbons (Fsp3) is 0.231. The van der Waals surface area contributed by atoms with Crippen molar-refractivity contribution in [2.75, 3.05) is 6.61 Å². The van der Waals surface area contributed by atoms with E-state index in [1.807, 2.05) is 6.92 Å². The van der Waals surface area contributed by atoms with Gasteiger partial charge in [0.15, 0.2) is 11.5 Å². The van der Waals surface area contributed by atoms with Crippen molar-refractivity contribution in [3.05, 3.63) is 29.3 Å². The SMILES string of the molecule is CCCOc1cc(C=C(C(=O)O)C(=O)O)ccc1O. The number of carboxylic acid groups (broad SMARTS) is 2. The molecule has 0 saturated heterocycles. The molecule has 0 spiro atoms. The van der Waals surface area contributed by atoms with E-state index in [4.69, 9.17) is 14.9 Å². The number of carboxylic acids is 2. The number of hydrogen-bond acceptors (Lipinski definition) is 4. The maximum absolute atomic E-state index is 10.7. The summed E-state index contributed by atoms with van der Waals surface area (Å²) in [4.78, 5) is 21.5. The molecule has 0 bridgehead atoms. The first kappa shape index (κ1) is 14.6. The lowest BCUT2D eigenvalue weighted by Gasteiger charge is -2.07. The van der Waals surface area contributed by atoms with Crippen LogP contribution < -0.4 is 4.74 Å². The Hall–Kier alpha value is -2.50. The standard InChI is InChI=1S/C13H14O6/c1-2-5-19-11-7-8(3-4-10(11)14)6-9(12(15)16)13(17)18/h3-4,6-7,14H,2,5H2,1H3,(H,15,16)(H,17,18). The highest BCUT2D eigenvalue weighted by molar-refractivity contribution is 6.16. The topological polar surface area (TPSA) is 104 Å². The number of rotatable bonds is 6. The van der Waals surface area contributed by atoms with Gasteiger partial charge in [0.05, 0.1) is 6.61 Å². The molecule has 0 radical (unpaired) electrons. The molecule has 1 rings (SSSR count). The van der Waals surface area contributed by atoms with Crippen molar-refractivity contribution >= 4 is 18.0 Å². The van der Waals surface area contributed by atoms with E-state index in [9.17, 15) is 14.7 Å². The van der Waals surface area contributed by atoms with Crippen LogP contribution >= 0.6 is 0 Å². The molecule has 19 heavy (non-hydrogen) atoms. The molecule has 102 valence electrons. The molecule has 6 heteroatoms. The molecule has 0 aliphatic carbocycles. The third-order valence-corrected chi connectivity index (χ3v) is 2.22. The predicted molar refractivity (Wildman–Crippen MR) is 67.1 cm³/mol. The van der Waals surface area contributed by atoms with E-state index in [0.717, 1.165) is 12.5 Å². The van der Waals surface area contributed by atoms with Crippen LogP contribution in [0.25, 0.3) is 6.08 Å². The van der Waals surface area contributed by atoms with Crippen molar-refractivity contribution in [1.29, 1.82) is 0 Å².